The number of nitrogens with zero attached hydrogens (tertiary/aromatic N) is 2. The average Bonchev–Trinajstić information content (AvgIpc) is 2.80. The maximum Gasteiger partial charge on any atom is 0.240 e. The second kappa shape index (κ2) is 6.77. The molecule has 6 nitrogen and oxygen atoms in total. The van der Waals surface area contributed by atoms with Crippen molar-refractivity contribution in [2.24, 2.45) is 5.73 Å². The van der Waals surface area contributed by atoms with E-state index in [0.717, 1.165) is 5.56 Å². The fourth-order valence-electron chi connectivity index (χ4n) is 2.55. The van der Waals surface area contributed by atoms with Crippen LogP contribution in [0.1, 0.15) is 11.4 Å². The number of aldehydes is 1. The van der Waals surface area contributed by atoms with Crippen molar-refractivity contribution in [1.29, 1.82) is 0 Å². The fraction of sp³-hybridized carbons (Fsp3) is 0.500. The second-order valence-electron chi connectivity index (χ2n) is 7.38. The number of imidazole rings is 1. The first-order valence-electron chi connectivity index (χ1n) is 7.95. The Hall–Kier alpha value is -1.51. The Labute approximate surface area is 144 Å². The smallest absolute Gasteiger partial charge is 0.240 e. The number of fused-ring (bicyclic) bond motifs is 1. The molecule has 1 aromatic heterocycles. The van der Waals surface area contributed by atoms with E-state index in [4.69, 9.17) is 5.73 Å². The first-order chi connectivity index (χ1) is 11.0. The lowest BCUT2D eigenvalue weighted by Gasteiger charge is -2.16. The van der Waals surface area contributed by atoms with Crippen LogP contribution in [0.3, 0.4) is 0 Å². The number of hydrogen-bond donors (Lipinski definition) is 1. The van der Waals surface area contributed by atoms with Gasteiger partial charge in [0.15, 0.2) is 0 Å². The number of benzene rings is 1. The summed E-state index contributed by atoms with van der Waals surface area (Å²) in [5.41, 5.74) is 7.68. The zero-order chi connectivity index (χ0) is 18.1. The number of carbonyl (C=O) groups is 1. The van der Waals surface area contributed by atoms with Crippen LogP contribution in [0, 0.1) is 6.92 Å². The zero-order valence-electron chi connectivity index (χ0n) is 14.6. The normalized spacial score (nSPS) is 14.0. The van der Waals surface area contributed by atoms with Gasteiger partial charge in [-0.05, 0) is 37.1 Å². The van der Waals surface area contributed by atoms with Crippen LogP contribution in [0.25, 0.3) is 11.0 Å². The average molecular weight is 368 g/mol. The minimum Gasteiger partial charge on any atom is -0.321 e. The van der Waals surface area contributed by atoms with Crippen molar-refractivity contribution in [3.05, 3.63) is 29.6 Å². The van der Waals surface area contributed by atoms with Crippen LogP contribution in [0.5, 0.6) is 0 Å². The number of rotatable bonds is 7. The Morgan fingerprint density at radius 3 is 2.58 bits per heavy atom. The Morgan fingerprint density at radius 1 is 1.33 bits per heavy atom. The van der Waals surface area contributed by atoms with Crippen LogP contribution in [0.2, 0.25) is 25.7 Å². The van der Waals surface area contributed by atoms with E-state index in [1.165, 1.54) is 3.97 Å². The molecule has 0 spiro atoms. The fourth-order valence-corrected chi connectivity index (χ4v) is 7.10. The predicted octanol–water partition coefficient (Wildman–Crippen LogP) is 1.93. The second-order valence-corrected chi connectivity index (χ2v) is 14.9. The molecule has 0 aliphatic rings. The number of aryl methyl sites for hydroxylation is 1. The van der Waals surface area contributed by atoms with E-state index in [0.29, 0.717) is 35.6 Å². The molecule has 0 saturated heterocycles. The van der Waals surface area contributed by atoms with Gasteiger partial charge in [-0.2, -0.15) is 0 Å². The molecule has 8 heteroatoms. The SMILES string of the molecule is Cc1nc2ccc(CC(N)C=O)cc2n1S(=O)(=O)CC[Si](C)(C)C. The third-order valence-electron chi connectivity index (χ3n) is 3.87. The van der Waals surface area contributed by atoms with E-state index in [1.807, 2.05) is 6.07 Å². The minimum absolute atomic E-state index is 0.118. The van der Waals surface area contributed by atoms with Crippen molar-refractivity contribution < 1.29 is 13.2 Å². The summed E-state index contributed by atoms with van der Waals surface area (Å²) in [5, 5.41) is 0. The van der Waals surface area contributed by atoms with E-state index in [1.54, 1.807) is 19.1 Å². The molecule has 2 rings (SSSR count). The molecule has 0 bridgehead atoms. The van der Waals surface area contributed by atoms with Crippen LogP contribution in [0.4, 0.5) is 0 Å². The third-order valence-corrected chi connectivity index (χ3v) is 7.72. The largest absolute Gasteiger partial charge is 0.321 e. The number of nitrogens with two attached hydrogens (primary N) is 1. The highest BCUT2D eigenvalue weighted by atomic mass is 32.2. The lowest BCUT2D eigenvalue weighted by Crippen LogP contribution is -2.27. The third kappa shape index (κ3) is 4.31. The molecule has 0 amide bonds. The highest BCUT2D eigenvalue weighted by Gasteiger charge is 2.24. The van der Waals surface area contributed by atoms with Crippen molar-refractivity contribution in [3.63, 3.8) is 0 Å². The molecule has 2 aromatic rings. The van der Waals surface area contributed by atoms with Gasteiger partial charge in [-0.25, -0.2) is 17.4 Å². The number of carbonyl (C=O) groups excluding carboxylic acids is 1. The van der Waals surface area contributed by atoms with E-state index >= 15 is 0 Å². The molecule has 1 heterocycles. The van der Waals surface area contributed by atoms with Gasteiger partial charge in [-0.3, -0.25) is 0 Å². The van der Waals surface area contributed by atoms with Crippen LogP contribution < -0.4 is 5.73 Å². The standard InChI is InChI=1S/C16H25N3O3SSi/c1-12-18-15-6-5-13(9-14(17)11-20)10-16(15)19(12)23(21,22)7-8-24(2,3)4/h5-6,10-11,14H,7-9,17H2,1-4H3. The maximum atomic E-state index is 12.8. The van der Waals surface area contributed by atoms with Gasteiger partial charge in [0.1, 0.15) is 12.1 Å². The summed E-state index contributed by atoms with van der Waals surface area (Å²) >= 11 is 0. The Morgan fingerprint density at radius 2 is 2.00 bits per heavy atom. The molecule has 2 N–H and O–H groups in total. The lowest BCUT2D eigenvalue weighted by molar-refractivity contribution is -0.108. The molecule has 1 atom stereocenters. The van der Waals surface area contributed by atoms with Crippen LogP contribution in [-0.2, 0) is 21.2 Å². The summed E-state index contributed by atoms with van der Waals surface area (Å²) in [6, 6.07) is 5.48. The molecule has 0 aliphatic carbocycles. The Kier molecular flexibility index (Phi) is 5.31. The molecular formula is C16H25N3O3SSi. The van der Waals surface area contributed by atoms with Crippen molar-refractivity contribution in [1.82, 2.24) is 8.96 Å². The monoisotopic (exact) mass is 367 g/mol. The topological polar surface area (TPSA) is 95.0 Å². The van der Waals surface area contributed by atoms with E-state index in [-0.39, 0.29) is 5.75 Å². The summed E-state index contributed by atoms with van der Waals surface area (Å²) in [6.45, 7) is 8.16. The Balaban J connectivity index is 2.47. The summed E-state index contributed by atoms with van der Waals surface area (Å²) in [4.78, 5) is 15.1. The van der Waals surface area contributed by atoms with Crippen molar-refractivity contribution >= 4 is 35.4 Å². The summed E-state index contributed by atoms with van der Waals surface area (Å²) in [6.07, 6.45) is 1.07. The summed E-state index contributed by atoms with van der Waals surface area (Å²) < 4.78 is 27.0. The van der Waals surface area contributed by atoms with Crippen LogP contribution in [-0.4, -0.2) is 43.5 Å². The molecule has 1 unspecified atom stereocenters. The van der Waals surface area contributed by atoms with Gasteiger partial charge in [-0.1, -0.05) is 25.7 Å². The van der Waals surface area contributed by atoms with Crippen LogP contribution >= 0.6 is 0 Å². The van der Waals surface area contributed by atoms with Gasteiger partial charge in [0.25, 0.3) is 0 Å². The first-order valence-corrected chi connectivity index (χ1v) is 13.3. The highest BCUT2D eigenvalue weighted by molar-refractivity contribution is 7.90. The van der Waals surface area contributed by atoms with Gasteiger partial charge in [-0.15, -0.1) is 0 Å². The Bertz CT molecular complexity index is 853. The van der Waals surface area contributed by atoms with E-state index in [9.17, 15) is 13.2 Å². The molecule has 0 fully saturated rings. The molecule has 132 valence electrons. The first kappa shape index (κ1) is 18.8. The maximum absolute atomic E-state index is 12.8. The van der Waals surface area contributed by atoms with Crippen molar-refractivity contribution in [2.75, 3.05) is 5.75 Å². The minimum atomic E-state index is -3.47. The predicted molar refractivity (Wildman–Crippen MR) is 99.6 cm³/mol. The molecule has 0 aliphatic heterocycles. The van der Waals surface area contributed by atoms with Crippen molar-refractivity contribution in [3.8, 4) is 0 Å². The summed E-state index contributed by atoms with van der Waals surface area (Å²) in [7, 11) is -4.94. The van der Waals surface area contributed by atoms with Gasteiger partial charge >= 0.3 is 0 Å². The molecule has 24 heavy (non-hydrogen) atoms. The van der Waals surface area contributed by atoms with Crippen molar-refractivity contribution in [2.45, 2.75) is 45.1 Å². The molecule has 1 aromatic carbocycles. The van der Waals surface area contributed by atoms with Crippen LogP contribution in [0.15, 0.2) is 18.2 Å². The molecule has 0 radical (unpaired) electrons. The molecular weight excluding hydrogens is 342 g/mol. The van der Waals surface area contributed by atoms with E-state index < -0.39 is 24.1 Å². The summed E-state index contributed by atoms with van der Waals surface area (Å²) in [5.74, 6) is 0.574. The number of hydrogen-bond acceptors (Lipinski definition) is 5. The number of aromatic nitrogens is 2. The van der Waals surface area contributed by atoms with Gasteiger partial charge < -0.3 is 10.5 Å². The van der Waals surface area contributed by atoms with Gasteiger partial charge in [0.2, 0.25) is 10.0 Å². The van der Waals surface area contributed by atoms with Gasteiger partial charge in [0.05, 0.1) is 22.8 Å². The van der Waals surface area contributed by atoms with E-state index in [2.05, 4.69) is 24.6 Å². The van der Waals surface area contributed by atoms with Gasteiger partial charge in [0, 0.05) is 8.07 Å². The molecule has 0 saturated carbocycles. The highest BCUT2D eigenvalue weighted by Crippen LogP contribution is 2.22. The quantitative estimate of drug-likeness (QED) is 0.596. The lowest BCUT2D eigenvalue weighted by atomic mass is 10.1. The zero-order valence-corrected chi connectivity index (χ0v) is 16.4.